The predicted molar refractivity (Wildman–Crippen MR) is 34.6 cm³/mol. The fourth-order valence-electron chi connectivity index (χ4n) is 0.473. The lowest BCUT2D eigenvalue weighted by Gasteiger charge is -2.06. The molecule has 0 saturated heterocycles. The number of anilines is 1. The second-order valence-corrected chi connectivity index (χ2v) is 1.66. The highest BCUT2D eigenvalue weighted by Crippen LogP contribution is 1.94. The van der Waals surface area contributed by atoms with Crippen LogP contribution in [0.4, 0.5) is 5.95 Å². The second-order valence-electron chi connectivity index (χ2n) is 1.66. The van der Waals surface area contributed by atoms with Gasteiger partial charge in [-0.15, -0.1) is 0 Å². The molecular formula is C5H8N4. The lowest BCUT2D eigenvalue weighted by Crippen LogP contribution is -2.26. The molecule has 1 aromatic heterocycles. The fourth-order valence-corrected chi connectivity index (χ4v) is 0.473. The standard InChI is InChI=1S/C5H8N4/c1-9(6)5-7-3-2-4-8-5/h2-4H,6H2,1H3. The minimum atomic E-state index is 0.525. The van der Waals surface area contributed by atoms with Gasteiger partial charge < -0.3 is 0 Å². The maximum atomic E-state index is 5.32. The number of hydrogen-bond acceptors (Lipinski definition) is 4. The van der Waals surface area contributed by atoms with Gasteiger partial charge in [0.15, 0.2) is 0 Å². The Morgan fingerprint density at radius 1 is 1.44 bits per heavy atom. The van der Waals surface area contributed by atoms with E-state index in [9.17, 15) is 0 Å². The third-order valence-electron chi connectivity index (χ3n) is 0.868. The van der Waals surface area contributed by atoms with E-state index in [0.717, 1.165) is 0 Å². The number of hydrazine groups is 1. The van der Waals surface area contributed by atoms with Crippen LogP contribution in [0.2, 0.25) is 0 Å². The Balaban J connectivity index is 2.85. The smallest absolute Gasteiger partial charge is 0.239 e. The number of nitrogens with two attached hydrogens (primary N) is 1. The van der Waals surface area contributed by atoms with E-state index >= 15 is 0 Å². The van der Waals surface area contributed by atoms with Gasteiger partial charge in [0.2, 0.25) is 5.95 Å². The summed E-state index contributed by atoms with van der Waals surface area (Å²) in [4.78, 5) is 7.74. The first-order valence-electron chi connectivity index (χ1n) is 2.56. The van der Waals surface area contributed by atoms with Crippen LogP contribution in [0.3, 0.4) is 0 Å². The molecule has 0 fully saturated rings. The first-order valence-corrected chi connectivity index (χ1v) is 2.56. The molecule has 1 aromatic rings. The highest BCUT2D eigenvalue weighted by Gasteiger charge is 1.92. The van der Waals surface area contributed by atoms with Crippen molar-refractivity contribution >= 4 is 5.95 Å². The van der Waals surface area contributed by atoms with Gasteiger partial charge in [-0.2, -0.15) is 0 Å². The molecule has 0 amide bonds. The van der Waals surface area contributed by atoms with E-state index in [1.54, 1.807) is 25.5 Å². The molecule has 0 aliphatic carbocycles. The van der Waals surface area contributed by atoms with E-state index in [0.29, 0.717) is 5.95 Å². The summed E-state index contributed by atoms with van der Waals surface area (Å²) in [7, 11) is 1.69. The first-order chi connectivity index (χ1) is 4.30. The van der Waals surface area contributed by atoms with Crippen molar-refractivity contribution in [3.05, 3.63) is 18.5 Å². The lowest BCUT2D eigenvalue weighted by atomic mass is 10.7. The molecule has 0 aliphatic rings. The van der Waals surface area contributed by atoms with Crippen molar-refractivity contribution in [2.24, 2.45) is 5.84 Å². The molecule has 0 atom stereocenters. The van der Waals surface area contributed by atoms with Gasteiger partial charge >= 0.3 is 0 Å². The summed E-state index contributed by atoms with van der Waals surface area (Å²) >= 11 is 0. The van der Waals surface area contributed by atoms with Crippen LogP contribution in [0.15, 0.2) is 18.5 Å². The van der Waals surface area contributed by atoms with Gasteiger partial charge in [0.1, 0.15) is 0 Å². The molecule has 2 N–H and O–H groups in total. The third-order valence-corrected chi connectivity index (χ3v) is 0.868. The van der Waals surface area contributed by atoms with Gasteiger partial charge in [-0.3, -0.25) is 5.01 Å². The monoisotopic (exact) mass is 124 g/mol. The van der Waals surface area contributed by atoms with Gasteiger partial charge in [0, 0.05) is 19.4 Å². The van der Waals surface area contributed by atoms with Crippen molar-refractivity contribution in [2.75, 3.05) is 12.1 Å². The summed E-state index contributed by atoms with van der Waals surface area (Å²) in [6, 6.07) is 1.74. The van der Waals surface area contributed by atoms with E-state index < -0.39 is 0 Å². The highest BCUT2D eigenvalue weighted by molar-refractivity contribution is 5.22. The maximum absolute atomic E-state index is 5.32. The molecule has 1 heterocycles. The topological polar surface area (TPSA) is 55.0 Å². The van der Waals surface area contributed by atoms with E-state index in [4.69, 9.17) is 5.84 Å². The third kappa shape index (κ3) is 1.36. The molecule has 0 unspecified atom stereocenters. The van der Waals surface area contributed by atoms with E-state index in [1.807, 2.05) is 0 Å². The Bertz CT molecular complexity index is 172. The molecule has 0 radical (unpaired) electrons. The molecule has 0 spiro atoms. The predicted octanol–water partition coefficient (Wildman–Crippen LogP) is -0.214. The van der Waals surface area contributed by atoms with Crippen molar-refractivity contribution in [3.63, 3.8) is 0 Å². The Morgan fingerprint density at radius 3 is 2.33 bits per heavy atom. The Kier molecular flexibility index (Phi) is 1.60. The largest absolute Gasteiger partial charge is 0.282 e. The maximum Gasteiger partial charge on any atom is 0.239 e. The Morgan fingerprint density at radius 2 is 2.00 bits per heavy atom. The SMILES string of the molecule is CN(N)c1ncccn1. The van der Waals surface area contributed by atoms with E-state index in [1.165, 1.54) is 5.01 Å². The number of nitrogens with zero attached hydrogens (tertiary/aromatic N) is 3. The van der Waals surface area contributed by atoms with Gasteiger partial charge in [0.05, 0.1) is 0 Å². The summed E-state index contributed by atoms with van der Waals surface area (Å²) in [6.45, 7) is 0. The summed E-state index contributed by atoms with van der Waals surface area (Å²) in [6.07, 6.45) is 3.29. The van der Waals surface area contributed by atoms with E-state index in [-0.39, 0.29) is 0 Å². The zero-order chi connectivity index (χ0) is 6.69. The fraction of sp³-hybridized carbons (Fsp3) is 0.200. The molecule has 0 aromatic carbocycles. The van der Waals surface area contributed by atoms with Crippen LogP contribution < -0.4 is 10.9 Å². The van der Waals surface area contributed by atoms with Crippen molar-refractivity contribution < 1.29 is 0 Å². The summed E-state index contributed by atoms with van der Waals surface area (Å²) < 4.78 is 0. The average Bonchev–Trinajstić information content (AvgIpc) is 1.90. The number of aromatic nitrogens is 2. The molecule has 4 nitrogen and oxygen atoms in total. The Labute approximate surface area is 53.3 Å². The van der Waals surface area contributed by atoms with Crippen molar-refractivity contribution in [1.82, 2.24) is 9.97 Å². The molecular weight excluding hydrogens is 116 g/mol. The lowest BCUT2D eigenvalue weighted by molar-refractivity contribution is 0.929. The molecule has 0 aliphatic heterocycles. The molecule has 48 valence electrons. The second kappa shape index (κ2) is 2.41. The minimum absolute atomic E-state index is 0.525. The summed E-state index contributed by atoms with van der Waals surface area (Å²) in [5.74, 6) is 5.85. The van der Waals surface area contributed by atoms with Crippen molar-refractivity contribution in [2.45, 2.75) is 0 Å². The normalized spacial score (nSPS) is 9.11. The van der Waals surface area contributed by atoms with Crippen LogP contribution >= 0.6 is 0 Å². The van der Waals surface area contributed by atoms with Gasteiger partial charge in [-0.05, 0) is 6.07 Å². The zero-order valence-electron chi connectivity index (χ0n) is 5.15. The first kappa shape index (κ1) is 5.97. The Hall–Kier alpha value is -1.16. The zero-order valence-corrected chi connectivity index (χ0v) is 5.15. The summed E-state index contributed by atoms with van der Waals surface area (Å²) in [5.41, 5.74) is 0. The van der Waals surface area contributed by atoms with Gasteiger partial charge in [0.25, 0.3) is 0 Å². The number of hydrogen-bond donors (Lipinski definition) is 1. The summed E-state index contributed by atoms with van der Waals surface area (Å²) in [5, 5.41) is 1.36. The van der Waals surface area contributed by atoms with Crippen LogP contribution in [-0.2, 0) is 0 Å². The van der Waals surface area contributed by atoms with Crippen LogP contribution in [0.25, 0.3) is 0 Å². The highest BCUT2D eigenvalue weighted by atomic mass is 15.4. The average molecular weight is 124 g/mol. The molecule has 9 heavy (non-hydrogen) atoms. The molecule has 4 heteroatoms. The number of rotatable bonds is 1. The van der Waals surface area contributed by atoms with Crippen LogP contribution in [-0.4, -0.2) is 17.0 Å². The van der Waals surface area contributed by atoms with E-state index in [2.05, 4.69) is 9.97 Å². The molecule has 0 bridgehead atoms. The van der Waals surface area contributed by atoms with Crippen LogP contribution in [0, 0.1) is 0 Å². The molecule has 0 saturated carbocycles. The quantitative estimate of drug-likeness (QED) is 0.415. The van der Waals surface area contributed by atoms with Crippen LogP contribution in [0.5, 0.6) is 0 Å². The minimum Gasteiger partial charge on any atom is -0.282 e. The van der Waals surface area contributed by atoms with Crippen LogP contribution in [0.1, 0.15) is 0 Å². The van der Waals surface area contributed by atoms with Gasteiger partial charge in [-0.25, -0.2) is 15.8 Å². The van der Waals surface area contributed by atoms with Crippen molar-refractivity contribution in [3.8, 4) is 0 Å². The van der Waals surface area contributed by atoms with Gasteiger partial charge in [-0.1, -0.05) is 0 Å². The molecule has 1 rings (SSSR count). The van der Waals surface area contributed by atoms with Crippen molar-refractivity contribution in [1.29, 1.82) is 0 Å².